The van der Waals surface area contributed by atoms with Gasteiger partial charge in [-0.05, 0) is 25.7 Å². The summed E-state index contributed by atoms with van der Waals surface area (Å²) in [5.41, 5.74) is 5.81. The van der Waals surface area contributed by atoms with Gasteiger partial charge in [0.2, 0.25) is 0 Å². The second-order valence-corrected chi connectivity index (χ2v) is 4.90. The molecule has 0 amide bonds. The second-order valence-electron chi connectivity index (χ2n) is 4.90. The van der Waals surface area contributed by atoms with Crippen LogP contribution >= 0.6 is 0 Å². The number of unbranched alkanes of at least 4 members (excludes halogenated alkanes) is 4. The molecule has 1 aliphatic rings. The van der Waals surface area contributed by atoms with Gasteiger partial charge in [-0.25, -0.2) is 0 Å². The molecule has 15 heavy (non-hydrogen) atoms. The zero-order valence-electron chi connectivity index (χ0n) is 10.0. The number of rotatable bonds is 7. The molecule has 1 fully saturated rings. The van der Waals surface area contributed by atoms with Crippen molar-refractivity contribution in [1.82, 2.24) is 0 Å². The smallest absolute Gasteiger partial charge is 0.136 e. The SMILES string of the molecule is CCCCCCCC(=O)C1CCC(N)C1. The van der Waals surface area contributed by atoms with Gasteiger partial charge in [-0.3, -0.25) is 4.79 Å². The van der Waals surface area contributed by atoms with Crippen LogP contribution in [0.15, 0.2) is 0 Å². The van der Waals surface area contributed by atoms with Crippen LogP contribution in [0.4, 0.5) is 0 Å². The molecule has 0 spiro atoms. The van der Waals surface area contributed by atoms with Gasteiger partial charge < -0.3 is 5.73 Å². The quantitative estimate of drug-likeness (QED) is 0.658. The highest BCUT2D eigenvalue weighted by Crippen LogP contribution is 2.26. The van der Waals surface area contributed by atoms with Crippen molar-refractivity contribution in [3.63, 3.8) is 0 Å². The monoisotopic (exact) mass is 211 g/mol. The van der Waals surface area contributed by atoms with E-state index in [9.17, 15) is 4.79 Å². The Kier molecular flexibility index (Phi) is 5.92. The van der Waals surface area contributed by atoms with Crippen molar-refractivity contribution >= 4 is 5.78 Å². The first-order chi connectivity index (χ1) is 7.24. The second kappa shape index (κ2) is 7.00. The highest BCUT2D eigenvalue weighted by atomic mass is 16.1. The van der Waals surface area contributed by atoms with E-state index in [0.29, 0.717) is 17.7 Å². The number of hydrogen-bond donors (Lipinski definition) is 1. The summed E-state index contributed by atoms with van der Waals surface area (Å²) in [6, 6.07) is 0.291. The zero-order chi connectivity index (χ0) is 11.1. The van der Waals surface area contributed by atoms with E-state index in [1.807, 2.05) is 0 Å². The normalized spacial score (nSPS) is 25.7. The van der Waals surface area contributed by atoms with Crippen molar-refractivity contribution < 1.29 is 4.79 Å². The van der Waals surface area contributed by atoms with Crippen LogP contribution in [-0.2, 0) is 4.79 Å². The van der Waals surface area contributed by atoms with E-state index in [-0.39, 0.29) is 0 Å². The molecule has 88 valence electrons. The zero-order valence-corrected chi connectivity index (χ0v) is 10.0. The molecule has 1 saturated carbocycles. The van der Waals surface area contributed by atoms with Crippen LogP contribution in [-0.4, -0.2) is 11.8 Å². The van der Waals surface area contributed by atoms with Gasteiger partial charge in [0.15, 0.2) is 0 Å². The van der Waals surface area contributed by atoms with Gasteiger partial charge in [-0.15, -0.1) is 0 Å². The minimum absolute atomic E-state index is 0.291. The number of hydrogen-bond acceptors (Lipinski definition) is 2. The lowest BCUT2D eigenvalue weighted by atomic mass is 9.97. The molecule has 2 unspecified atom stereocenters. The summed E-state index contributed by atoms with van der Waals surface area (Å²) >= 11 is 0. The highest BCUT2D eigenvalue weighted by Gasteiger charge is 2.26. The standard InChI is InChI=1S/C13H25NO/c1-2-3-4-5-6-7-13(15)11-8-9-12(14)10-11/h11-12H,2-10,14H2,1H3. The first-order valence-electron chi connectivity index (χ1n) is 6.52. The fraction of sp³-hybridized carbons (Fsp3) is 0.923. The lowest BCUT2D eigenvalue weighted by Crippen LogP contribution is -2.17. The Morgan fingerprint density at radius 3 is 2.53 bits per heavy atom. The van der Waals surface area contributed by atoms with Gasteiger partial charge in [0, 0.05) is 18.4 Å². The fourth-order valence-corrected chi connectivity index (χ4v) is 2.42. The lowest BCUT2D eigenvalue weighted by Gasteiger charge is -2.07. The van der Waals surface area contributed by atoms with Crippen LogP contribution in [0, 0.1) is 5.92 Å². The van der Waals surface area contributed by atoms with Gasteiger partial charge in [0.25, 0.3) is 0 Å². The molecule has 2 atom stereocenters. The van der Waals surface area contributed by atoms with Crippen molar-refractivity contribution in [1.29, 1.82) is 0 Å². The maximum atomic E-state index is 11.8. The molecule has 1 aliphatic carbocycles. The van der Waals surface area contributed by atoms with Gasteiger partial charge in [0.1, 0.15) is 5.78 Å². The molecule has 0 aliphatic heterocycles. The summed E-state index contributed by atoms with van der Waals surface area (Å²) in [5.74, 6) is 0.769. The molecule has 0 bridgehead atoms. The maximum absolute atomic E-state index is 11.8. The topological polar surface area (TPSA) is 43.1 Å². The minimum atomic E-state index is 0.291. The Hall–Kier alpha value is -0.370. The van der Waals surface area contributed by atoms with E-state index < -0.39 is 0 Å². The average Bonchev–Trinajstić information content (AvgIpc) is 2.64. The van der Waals surface area contributed by atoms with Crippen LogP contribution in [0.2, 0.25) is 0 Å². The first kappa shape index (κ1) is 12.7. The van der Waals surface area contributed by atoms with E-state index in [1.54, 1.807) is 0 Å². The summed E-state index contributed by atoms with van der Waals surface area (Å²) in [7, 11) is 0. The van der Waals surface area contributed by atoms with Crippen LogP contribution in [0.5, 0.6) is 0 Å². The average molecular weight is 211 g/mol. The molecule has 0 saturated heterocycles. The van der Waals surface area contributed by atoms with E-state index in [0.717, 1.165) is 32.1 Å². The third kappa shape index (κ3) is 4.78. The Balaban J connectivity index is 2.03. The van der Waals surface area contributed by atoms with Crippen molar-refractivity contribution in [2.75, 3.05) is 0 Å². The number of nitrogens with two attached hydrogens (primary N) is 1. The largest absolute Gasteiger partial charge is 0.328 e. The molecular weight excluding hydrogens is 186 g/mol. The minimum Gasteiger partial charge on any atom is -0.328 e. The van der Waals surface area contributed by atoms with Crippen LogP contribution in [0.3, 0.4) is 0 Å². The van der Waals surface area contributed by atoms with Crippen molar-refractivity contribution in [3.8, 4) is 0 Å². The summed E-state index contributed by atoms with van der Waals surface area (Å²) in [6.07, 6.45) is 9.99. The Morgan fingerprint density at radius 2 is 1.93 bits per heavy atom. The van der Waals surface area contributed by atoms with E-state index in [2.05, 4.69) is 6.92 Å². The molecule has 0 heterocycles. The molecule has 0 aromatic rings. The highest BCUT2D eigenvalue weighted by molar-refractivity contribution is 5.81. The molecule has 2 nitrogen and oxygen atoms in total. The summed E-state index contributed by atoms with van der Waals surface area (Å²) < 4.78 is 0. The predicted molar refractivity (Wildman–Crippen MR) is 63.7 cm³/mol. The van der Waals surface area contributed by atoms with E-state index >= 15 is 0 Å². The van der Waals surface area contributed by atoms with Gasteiger partial charge in [0.05, 0.1) is 0 Å². The fourth-order valence-electron chi connectivity index (χ4n) is 2.42. The number of carbonyl (C=O) groups is 1. The summed E-state index contributed by atoms with van der Waals surface area (Å²) in [4.78, 5) is 11.8. The molecule has 0 radical (unpaired) electrons. The Labute approximate surface area is 93.6 Å². The molecule has 2 heteroatoms. The third-order valence-corrected chi connectivity index (χ3v) is 3.46. The summed E-state index contributed by atoms with van der Waals surface area (Å²) in [6.45, 7) is 2.21. The molecular formula is C13H25NO. The maximum Gasteiger partial charge on any atom is 0.136 e. The van der Waals surface area contributed by atoms with E-state index in [4.69, 9.17) is 5.73 Å². The van der Waals surface area contributed by atoms with Crippen molar-refractivity contribution in [2.24, 2.45) is 11.7 Å². The Morgan fingerprint density at radius 1 is 1.20 bits per heavy atom. The molecule has 1 rings (SSSR count). The number of carbonyl (C=O) groups excluding carboxylic acids is 1. The lowest BCUT2D eigenvalue weighted by molar-refractivity contribution is -0.122. The van der Waals surface area contributed by atoms with Crippen molar-refractivity contribution in [2.45, 2.75) is 70.8 Å². The van der Waals surface area contributed by atoms with Crippen LogP contribution in [0.25, 0.3) is 0 Å². The molecule has 0 aromatic heterocycles. The third-order valence-electron chi connectivity index (χ3n) is 3.46. The van der Waals surface area contributed by atoms with E-state index in [1.165, 1.54) is 25.7 Å². The van der Waals surface area contributed by atoms with Crippen molar-refractivity contribution in [3.05, 3.63) is 0 Å². The predicted octanol–water partition coefficient (Wildman–Crippen LogP) is 3.04. The van der Waals surface area contributed by atoms with Gasteiger partial charge in [-0.2, -0.15) is 0 Å². The Bertz CT molecular complexity index is 191. The van der Waals surface area contributed by atoms with Crippen LogP contribution in [0.1, 0.15) is 64.7 Å². The van der Waals surface area contributed by atoms with Crippen LogP contribution < -0.4 is 5.73 Å². The van der Waals surface area contributed by atoms with Gasteiger partial charge >= 0.3 is 0 Å². The number of ketones is 1. The molecule has 0 aromatic carbocycles. The number of Topliss-reactive ketones (excluding diaryl/α,β-unsaturated/α-hetero) is 1. The molecule has 2 N–H and O–H groups in total. The first-order valence-corrected chi connectivity index (χ1v) is 6.52. The van der Waals surface area contributed by atoms with Gasteiger partial charge in [-0.1, -0.05) is 32.6 Å². The summed E-state index contributed by atoms with van der Waals surface area (Å²) in [5, 5.41) is 0.